The summed E-state index contributed by atoms with van der Waals surface area (Å²) in [7, 11) is -3.79. The molecule has 10 heteroatoms. The fourth-order valence-electron chi connectivity index (χ4n) is 2.39. The number of hydrogen-bond donors (Lipinski definition) is 1. The summed E-state index contributed by atoms with van der Waals surface area (Å²) in [6, 6.07) is 11.6. The van der Waals surface area contributed by atoms with Gasteiger partial charge in [0.2, 0.25) is 10.0 Å². The van der Waals surface area contributed by atoms with Crippen LogP contribution in [0.3, 0.4) is 0 Å². The molecule has 0 radical (unpaired) electrons. The van der Waals surface area contributed by atoms with Gasteiger partial charge in [-0.15, -0.1) is 0 Å². The Balaban J connectivity index is 2.14. The van der Waals surface area contributed by atoms with Gasteiger partial charge in [0.1, 0.15) is 12.3 Å². The Labute approximate surface area is 180 Å². The van der Waals surface area contributed by atoms with Crippen LogP contribution in [0.4, 0.5) is 5.69 Å². The zero-order chi connectivity index (χ0) is 21.6. The Kier molecular flexibility index (Phi) is 7.89. The molecule has 0 aliphatic heterocycles. The van der Waals surface area contributed by atoms with Crippen LogP contribution in [0.5, 0.6) is 5.75 Å². The van der Waals surface area contributed by atoms with E-state index in [1.807, 2.05) is 19.1 Å². The first-order chi connectivity index (χ1) is 13.6. The number of carbonyl (C=O) groups excluding carboxylic acids is 1. The van der Waals surface area contributed by atoms with E-state index in [4.69, 9.17) is 27.9 Å². The second kappa shape index (κ2) is 9.96. The molecule has 0 saturated heterocycles. The van der Waals surface area contributed by atoms with Crippen molar-refractivity contribution in [1.29, 1.82) is 0 Å². The van der Waals surface area contributed by atoms with Gasteiger partial charge in [-0.25, -0.2) is 13.8 Å². The molecule has 0 aliphatic rings. The van der Waals surface area contributed by atoms with Crippen LogP contribution in [-0.2, 0) is 14.8 Å². The summed E-state index contributed by atoms with van der Waals surface area (Å²) in [6.07, 6.45) is 0.978. The molecule has 0 saturated carbocycles. The number of nitrogens with zero attached hydrogens (tertiary/aromatic N) is 2. The topological polar surface area (TPSA) is 88.1 Å². The zero-order valence-corrected chi connectivity index (χ0v) is 18.5. The molecular weight excluding hydrogens is 437 g/mol. The van der Waals surface area contributed by atoms with Crippen molar-refractivity contribution in [3.63, 3.8) is 0 Å². The Bertz CT molecular complexity index is 1010. The van der Waals surface area contributed by atoms with Gasteiger partial charge in [-0.1, -0.05) is 23.2 Å². The van der Waals surface area contributed by atoms with Crippen molar-refractivity contribution in [2.24, 2.45) is 5.10 Å². The monoisotopic (exact) mass is 457 g/mol. The highest BCUT2D eigenvalue weighted by atomic mass is 35.5. The molecule has 0 bridgehead atoms. The van der Waals surface area contributed by atoms with Gasteiger partial charge in [0.05, 0.1) is 29.3 Å². The second-order valence-corrected chi connectivity index (χ2v) is 8.81. The normalized spacial score (nSPS) is 11.8. The Morgan fingerprint density at radius 3 is 2.41 bits per heavy atom. The summed E-state index contributed by atoms with van der Waals surface area (Å²) in [5, 5.41) is 4.48. The largest absolute Gasteiger partial charge is 0.494 e. The molecule has 7 nitrogen and oxygen atoms in total. The lowest BCUT2D eigenvalue weighted by Crippen LogP contribution is -2.39. The lowest BCUT2D eigenvalue weighted by molar-refractivity contribution is -0.119. The van der Waals surface area contributed by atoms with Gasteiger partial charge in [0.15, 0.2) is 0 Å². The predicted molar refractivity (Wildman–Crippen MR) is 117 cm³/mol. The first kappa shape index (κ1) is 23.0. The molecule has 1 amide bonds. The van der Waals surface area contributed by atoms with E-state index in [2.05, 4.69) is 10.5 Å². The minimum absolute atomic E-state index is 0.115. The third-order valence-electron chi connectivity index (χ3n) is 3.80. The number of rotatable bonds is 8. The number of anilines is 1. The zero-order valence-electron chi connectivity index (χ0n) is 16.1. The number of amides is 1. The van der Waals surface area contributed by atoms with Crippen molar-refractivity contribution in [1.82, 2.24) is 5.43 Å². The third-order valence-corrected chi connectivity index (χ3v) is 5.48. The number of sulfonamides is 1. The van der Waals surface area contributed by atoms with Crippen LogP contribution < -0.4 is 14.5 Å². The van der Waals surface area contributed by atoms with Gasteiger partial charge in [-0.05, 0) is 61.9 Å². The molecule has 0 heterocycles. The highest BCUT2D eigenvalue weighted by molar-refractivity contribution is 7.92. The van der Waals surface area contributed by atoms with E-state index in [0.717, 1.165) is 21.9 Å². The summed E-state index contributed by atoms with van der Waals surface area (Å²) in [4.78, 5) is 12.3. The number of halogens is 2. The van der Waals surface area contributed by atoms with Crippen molar-refractivity contribution in [2.45, 2.75) is 13.8 Å². The summed E-state index contributed by atoms with van der Waals surface area (Å²) >= 11 is 12.0. The van der Waals surface area contributed by atoms with Gasteiger partial charge in [-0.2, -0.15) is 5.10 Å². The van der Waals surface area contributed by atoms with Gasteiger partial charge in [0.25, 0.3) is 5.91 Å². The molecule has 0 atom stereocenters. The van der Waals surface area contributed by atoms with Crippen LogP contribution >= 0.6 is 23.2 Å². The third kappa shape index (κ3) is 6.62. The fourth-order valence-corrected chi connectivity index (χ4v) is 3.69. The molecule has 2 aromatic carbocycles. The molecule has 29 heavy (non-hydrogen) atoms. The van der Waals surface area contributed by atoms with Gasteiger partial charge < -0.3 is 4.74 Å². The smallest absolute Gasteiger partial charge is 0.260 e. The Hall–Kier alpha value is -2.29. The maximum absolute atomic E-state index is 12.3. The average Bonchev–Trinajstić information content (AvgIpc) is 2.66. The van der Waals surface area contributed by atoms with Crippen molar-refractivity contribution in [2.75, 3.05) is 23.7 Å². The predicted octanol–water partition coefficient (Wildman–Crippen LogP) is 3.70. The van der Waals surface area contributed by atoms with Crippen LogP contribution in [0.15, 0.2) is 47.6 Å². The number of hydrogen-bond acceptors (Lipinski definition) is 5. The highest BCUT2D eigenvalue weighted by Gasteiger charge is 2.23. The Morgan fingerprint density at radius 1 is 1.17 bits per heavy atom. The fraction of sp³-hybridized carbons (Fsp3) is 0.263. The lowest BCUT2D eigenvalue weighted by atomic mass is 10.1. The summed E-state index contributed by atoms with van der Waals surface area (Å²) in [5.74, 6) is 0.104. The van der Waals surface area contributed by atoms with Crippen LogP contribution in [0.1, 0.15) is 19.4 Å². The van der Waals surface area contributed by atoms with Crippen LogP contribution in [0.25, 0.3) is 0 Å². The van der Waals surface area contributed by atoms with Crippen molar-refractivity contribution < 1.29 is 17.9 Å². The van der Waals surface area contributed by atoms with E-state index in [1.54, 1.807) is 19.1 Å². The van der Waals surface area contributed by atoms with Crippen LogP contribution in [0, 0.1) is 0 Å². The maximum atomic E-state index is 12.3. The minimum Gasteiger partial charge on any atom is -0.494 e. The van der Waals surface area contributed by atoms with Crippen molar-refractivity contribution in [3.8, 4) is 5.75 Å². The molecule has 0 unspecified atom stereocenters. The summed E-state index contributed by atoms with van der Waals surface area (Å²) < 4.78 is 30.6. The first-order valence-corrected chi connectivity index (χ1v) is 11.2. The Morgan fingerprint density at radius 2 is 1.83 bits per heavy atom. The highest BCUT2D eigenvalue weighted by Crippen LogP contribution is 2.30. The SMILES string of the molecule is CCOc1ccc(/C(C)=N\NC(=O)CN(c2cc(Cl)ccc2Cl)S(C)(=O)=O)cc1. The van der Waals surface area contributed by atoms with E-state index >= 15 is 0 Å². The first-order valence-electron chi connectivity index (χ1n) is 8.61. The van der Waals surface area contributed by atoms with E-state index in [0.29, 0.717) is 17.3 Å². The molecule has 156 valence electrons. The van der Waals surface area contributed by atoms with E-state index in [-0.39, 0.29) is 10.7 Å². The standard InChI is InChI=1S/C19H21Cl2N3O4S/c1-4-28-16-8-5-14(6-9-16)13(2)22-23-19(25)12-24(29(3,26)27)18-11-15(20)7-10-17(18)21/h5-11H,4,12H2,1-3H3,(H,23,25)/b22-13-. The van der Waals surface area contributed by atoms with Gasteiger partial charge in [0, 0.05) is 5.02 Å². The van der Waals surface area contributed by atoms with Crippen LogP contribution in [0.2, 0.25) is 10.0 Å². The molecule has 0 aromatic heterocycles. The molecule has 2 rings (SSSR count). The minimum atomic E-state index is -3.79. The molecular formula is C19H21Cl2N3O4S. The van der Waals surface area contributed by atoms with Gasteiger partial charge >= 0.3 is 0 Å². The molecule has 2 aromatic rings. The molecule has 0 aliphatic carbocycles. The average molecular weight is 458 g/mol. The van der Waals surface area contributed by atoms with E-state index < -0.39 is 22.5 Å². The number of ether oxygens (including phenoxy) is 1. The lowest BCUT2D eigenvalue weighted by Gasteiger charge is -2.22. The van der Waals surface area contributed by atoms with E-state index in [1.165, 1.54) is 18.2 Å². The number of hydrazone groups is 1. The van der Waals surface area contributed by atoms with Crippen molar-refractivity contribution >= 4 is 50.5 Å². The molecule has 1 N–H and O–H groups in total. The molecule has 0 fully saturated rings. The quantitative estimate of drug-likeness (QED) is 0.483. The van der Waals surface area contributed by atoms with Gasteiger partial charge in [-0.3, -0.25) is 9.10 Å². The molecule has 0 spiro atoms. The van der Waals surface area contributed by atoms with Crippen molar-refractivity contribution in [3.05, 3.63) is 58.1 Å². The summed E-state index contributed by atoms with van der Waals surface area (Å²) in [5.41, 5.74) is 3.81. The number of carbonyl (C=O) groups is 1. The number of benzene rings is 2. The summed E-state index contributed by atoms with van der Waals surface area (Å²) in [6.45, 7) is 3.68. The number of nitrogens with one attached hydrogen (secondary N) is 1. The van der Waals surface area contributed by atoms with E-state index in [9.17, 15) is 13.2 Å². The second-order valence-electron chi connectivity index (χ2n) is 6.05. The maximum Gasteiger partial charge on any atom is 0.260 e. The van der Waals surface area contributed by atoms with Crippen LogP contribution in [-0.4, -0.2) is 39.4 Å².